The number of thiophene rings is 1. The Morgan fingerprint density at radius 3 is 2.53 bits per heavy atom. The van der Waals surface area contributed by atoms with Gasteiger partial charge in [-0.3, -0.25) is 4.79 Å². The fraction of sp³-hybridized carbons (Fsp3) is 0.500. The molecule has 0 bridgehead atoms. The molecule has 0 radical (unpaired) electrons. The molecule has 17 heavy (non-hydrogen) atoms. The monoisotopic (exact) mass is 264 g/mol. The predicted octanol–water partition coefficient (Wildman–Crippen LogP) is 1.81. The highest BCUT2D eigenvalue weighted by Gasteiger charge is 2.33. The molecule has 1 saturated heterocycles. The van der Waals surface area contributed by atoms with Crippen LogP contribution in [0.15, 0.2) is 11.4 Å². The van der Waals surface area contributed by atoms with Crippen LogP contribution >= 0.6 is 11.3 Å². The summed E-state index contributed by atoms with van der Waals surface area (Å²) in [6.45, 7) is 2.45. The largest absolute Gasteiger partial charge is 0.417 e. The summed E-state index contributed by atoms with van der Waals surface area (Å²) in [5, 5.41) is 4.06. The number of nitrogens with one attached hydrogen (secondary N) is 1. The molecule has 1 N–H and O–H groups in total. The number of hydrogen-bond acceptors (Lipinski definition) is 3. The Morgan fingerprint density at radius 1 is 1.35 bits per heavy atom. The van der Waals surface area contributed by atoms with Crippen LogP contribution in [0.2, 0.25) is 0 Å². The molecule has 2 rings (SSSR count). The molecule has 0 aromatic carbocycles. The number of halogens is 3. The minimum Gasteiger partial charge on any atom is -0.335 e. The fourth-order valence-electron chi connectivity index (χ4n) is 1.62. The van der Waals surface area contributed by atoms with Gasteiger partial charge in [-0.2, -0.15) is 13.2 Å². The zero-order chi connectivity index (χ0) is 12.5. The van der Waals surface area contributed by atoms with Crippen LogP contribution in [0.4, 0.5) is 13.2 Å². The molecule has 2 heterocycles. The number of carbonyl (C=O) groups excluding carboxylic acids is 1. The van der Waals surface area contributed by atoms with E-state index in [0.29, 0.717) is 26.2 Å². The number of carbonyl (C=O) groups is 1. The van der Waals surface area contributed by atoms with Gasteiger partial charge < -0.3 is 10.2 Å². The zero-order valence-electron chi connectivity index (χ0n) is 8.88. The highest BCUT2D eigenvalue weighted by molar-refractivity contribution is 7.12. The first-order valence-corrected chi connectivity index (χ1v) is 6.02. The standard InChI is InChI=1S/C10H11F3N2OS/c11-10(12,13)7-5-8(17-6-7)9(16)15-3-1-14-2-4-15/h5-6,14H,1-4H2. The SMILES string of the molecule is O=C(c1cc(C(F)(F)F)cs1)N1CCNCC1. The van der Waals surface area contributed by atoms with E-state index in [4.69, 9.17) is 0 Å². The summed E-state index contributed by atoms with van der Waals surface area (Å²) in [4.78, 5) is 13.6. The minimum absolute atomic E-state index is 0.152. The number of alkyl halides is 3. The van der Waals surface area contributed by atoms with Crippen LogP contribution in [-0.2, 0) is 6.18 Å². The van der Waals surface area contributed by atoms with E-state index >= 15 is 0 Å². The smallest absolute Gasteiger partial charge is 0.335 e. The van der Waals surface area contributed by atoms with Crippen LogP contribution in [0, 0.1) is 0 Å². The van der Waals surface area contributed by atoms with E-state index in [2.05, 4.69) is 5.32 Å². The Hall–Kier alpha value is -1.08. The van der Waals surface area contributed by atoms with Crippen LogP contribution < -0.4 is 5.32 Å². The summed E-state index contributed by atoms with van der Waals surface area (Å²) in [6.07, 6.45) is -4.38. The number of nitrogens with zero attached hydrogens (tertiary/aromatic N) is 1. The summed E-state index contributed by atoms with van der Waals surface area (Å²) < 4.78 is 37.1. The van der Waals surface area contributed by atoms with Gasteiger partial charge in [0.25, 0.3) is 5.91 Å². The molecule has 7 heteroatoms. The van der Waals surface area contributed by atoms with Crippen molar-refractivity contribution in [3.63, 3.8) is 0 Å². The number of amides is 1. The van der Waals surface area contributed by atoms with Gasteiger partial charge in [-0.25, -0.2) is 0 Å². The highest BCUT2D eigenvalue weighted by Crippen LogP contribution is 2.32. The van der Waals surface area contributed by atoms with E-state index < -0.39 is 11.7 Å². The molecule has 0 atom stereocenters. The van der Waals surface area contributed by atoms with Gasteiger partial charge in [0, 0.05) is 31.6 Å². The van der Waals surface area contributed by atoms with Gasteiger partial charge in [0.2, 0.25) is 0 Å². The molecule has 0 aliphatic carbocycles. The van der Waals surface area contributed by atoms with E-state index in [-0.39, 0.29) is 10.8 Å². The second-order valence-corrected chi connectivity index (χ2v) is 4.65. The lowest BCUT2D eigenvalue weighted by molar-refractivity contribution is -0.137. The molecule has 1 aliphatic heterocycles. The third-order valence-electron chi connectivity index (χ3n) is 2.54. The molecule has 1 fully saturated rings. The Morgan fingerprint density at radius 2 is 2.00 bits per heavy atom. The maximum absolute atomic E-state index is 12.4. The fourth-order valence-corrected chi connectivity index (χ4v) is 2.50. The topological polar surface area (TPSA) is 32.3 Å². The molecule has 1 aromatic heterocycles. The molecule has 3 nitrogen and oxygen atoms in total. The lowest BCUT2D eigenvalue weighted by Gasteiger charge is -2.26. The van der Waals surface area contributed by atoms with Crippen molar-refractivity contribution in [1.82, 2.24) is 10.2 Å². The molecule has 1 aliphatic rings. The highest BCUT2D eigenvalue weighted by atomic mass is 32.1. The molecule has 1 aromatic rings. The van der Waals surface area contributed by atoms with E-state index in [1.54, 1.807) is 4.90 Å². The first-order valence-electron chi connectivity index (χ1n) is 5.14. The molecule has 0 unspecified atom stereocenters. The number of rotatable bonds is 1. The maximum atomic E-state index is 12.4. The van der Waals surface area contributed by atoms with Crippen molar-refractivity contribution in [1.29, 1.82) is 0 Å². The summed E-state index contributed by atoms with van der Waals surface area (Å²) in [6, 6.07) is 0.926. The first kappa shape index (κ1) is 12.4. The van der Waals surface area contributed by atoms with Gasteiger partial charge in [0.05, 0.1) is 10.4 Å². The molecular formula is C10H11F3N2OS. The quantitative estimate of drug-likeness (QED) is 0.839. The van der Waals surface area contributed by atoms with E-state index in [0.717, 1.165) is 22.8 Å². The van der Waals surface area contributed by atoms with Crippen molar-refractivity contribution in [2.24, 2.45) is 0 Å². The van der Waals surface area contributed by atoms with Crippen LogP contribution in [-0.4, -0.2) is 37.0 Å². The molecule has 94 valence electrons. The van der Waals surface area contributed by atoms with Crippen molar-refractivity contribution in [2.45, 2.75) is 6.18 Å². The number of hydrogen-bond donors (Lipinski definition) is 1. The van der Waals surface area contributed by atoms with E-state index in [1.807, 2.05) is 0 Å². The molecule has 0 spiro atoms. The van der Waals surface area contributed by atoms with Gasteiger partial charge in [-0.05, 0) is 6.07 Å². The summed E-state index contributed by atoms with van der Waals surface area (Å²) in [7, 11) is 0. The summed E-state index contributed by atoms with van der Waals surface area (Å²) >= 11 is 0.847. The Kier molecular flexibility index (Phi) is 3.39. The van der Waals surface area contributed by atoms with Gasteiger partial charge in [-0.15, -0.1) is 11.3 Å². The Bertz CT molecular complexity index is 410. The average molecular weight is 264 g/mol. The lowest BCUT2D eigenvalue weighted by atomic mass is 10.2. The van der Waals surface area contributed by atoms with Crippen LogP contribution in [0.1, 0.15) is 15.2 Å². The Balaban J connectivity index is 2.11. The predicted molar refractivity (Wildman–Crippen MR) is 58.1 cm³/mol. The second-order valence-electron chi connectivity index (χ2n) is 3.74. The van der Waals surface area contributed by atoms with Gasteiger partial charge in [-0.1, -0.05) is 0 Å². The van der Waals surface area contributed by atoms with E-state index in [9.17, 15) is 18.0 Å². The van der Waals surface area contributed by atoms with Crippen molar-refractivity contribution in [2.75, 3.05) is 26.2 Å². The van der Waals surface area contributed by atoms with Gasteiger partial charge in [0.1, 0.15) is 0 Å². The molecule has 1 amide bonds. The van der Waals surface area contributed by atoms with Crippen LogP contribution in [0.5, 0.6) is 0 Å². The maximum Gasteiger partial charge on any atom is 0.417 e. The minimum atomic E-state index is -4.38. The van der Waals surface area contributed by atoms with Crippen molar-refractivity contribution < 1.29 is 18.0 Å². The van der Waals surface area contributed by atoms with Crippen molar-refractivity contribution >= 4 is 17.2 Å². The zero-order valence-corrected chi connectivity index (χ0v) is 9.70. The normalized spacial score (nSPS) is 17.2. The van der Waals surface area contributed by atoms with Crippen LogP contribution in [0.25, 0.3) is 0 Å². The summed E-state index contributed by atoms with van der Waals surface area (Å²) in [5.74, 6) is -0.313. The third kappa shape index (κ3) is 2.78. The van der Waals surface area contributed by atoms with E-state index in [1.165, 1.54) is 0 Å². The first-order chi connectivity index (χ1) is 7.98. The lowest BCUT2D eigenvalue weighted by Crippen LogP contribution is -2.46. The van der Waals surface area contributed by atoms with Gasteiger partial charge >= 0.3 is 6.18 Å². The second kappa shape index (κ2) is 4.66. The number of piperazine rings is 1. The van der Waals surface area contributed by atoms with Crippen molar-refractivity contribution in [3.8, 4) is 0 Å². The Labute approximate surface area is 100 Å². The van der Waals surface area contributed by atoms with Gasteiger partial charge in [0.15, 0.2) is 0 Å². The third-order valence-corrected chi connectivity index (χ3v) is 3.46. The average Bonchev–Trinajstić information content (AvgIpc) is 2.78. The van der Waals surface area contributed by atoms with Crippen LogP contribution in [0.3, 0.4) is 0 Å². The van der Waals surface area contributed by atoms with Crippen molar-refractivity contribution in [3.05, 3.63) is 21.9 Å². The summed E-state index contributed by atoms with van der Waals surface area (Å²) in [5.41, 5.74) is -0.749. The molecule has 0 saturated carbocycles. The molecular weight excluding hydrogens is 253 g/mol.